The fourth-order valence-electron chi connectivity index (χ4n) is 2.21. The molecule has 3 rings (SSSR count). The molecule has 1 amide bonds. The Morgan fingerprint density at radius 1 is 1.19 bits per heavy atom. The number of amides is 1. The molecule has 3 nitrogen and oxygen atoms in total. The molecular weight excluding hydrogens is 200 g/mol. The second-order valence-corrected chi connectivity index (χ2v) is 3.73. The molecule has 0 saturated heterocycles. The first-order valence-corrected chi connectivity index (χ1v) is 5.03. The van der Waals surface area contributed by atoms with Crippen LogP contribution < -0.4 is 4.90 Å². The summed E-state index contributed by atoms with van der Waals surface area (Å²) in [5.74, 6) is -0.0756. The normalized spacial score (nSPS) is 13.2. The maximum absolute atomic E-state index is 12.0. The summed E-state index contributed by atoms with van der Waals surface area (Å²) in [5.41, 5.74) is 1.54. The molecule has 0 unspecified atom stereocenters. The van der Waals surface area contributed by atoms with E-state index >= 15 is 0 Å². The van der Waals surface area contributed by atoms with Crippen LogP contribution in [-0.2, 0) is 0 Å². The van der Waals surface area contributed by atoms with Crippen molar-refractivity contribution in [2.45, 2.75) is 0 Å². The molecule has 76 valence electrons. The third kappa shape index (κ3) is 0.986. The number of hydrogen-bond donors (Lipinski definition) is 0. The number of anilines is 1. The number of rotatable bonds is 1. The molecule has 0 aromatic heterocycles. The van der Waals surface area contributed by atoms with Crippen molar-refractivity contribution in [3.05, 3.63) is 42.0 Å². The maximum atomic E-state index is 12.0. The molecule has 0 radical (unpaired) electrons. The molecule has 2 aromatic carbocycles. The Bertz CT molecular complexity index is 635. The summed E-state index contributed by atoms with van der Waals surface area (Å²) in [6, 6.07) is 13.4. The van der Waals surface area contributed by atoms with Crippen molar-refractivity contribution >= 4 is 22.4 Å². The Hall–Kier alpha value is -2.34. The lowest BCUT2D eigenvalue weighted by molar-refractivity contribution is 0.0996. The Balaban J connectivity index is 2.36. The van der Waals surface area contributed by atoms with Gasteiger partial charge in [-0.2, -0.15) is 5.26 Å². The molecule has 0 fully saturated rings. The van der Waals surface area contributed by atoms with Crippen LogP contribution in [0.25, 0.3) is 10.8 Å². The SMILES string of the molecule is N#CCN1C(=O)c2cccc3cccc1c23. The minimum Gasteiger partial charge on any atom is -0.294 e. The van der Waals surface area contributed by atoms with Gasteiger partial charge in [0.05, 0.1) is 11.8 Å². The molecule has 0 N–H and O–H groups in total. The predicted octanol–water partition coefficient (Wildman–Crippen LogP) is 2.32. The van der Waals surface area contributed by atoms with Gasteiger partial charge in [0.25, 0.3) is 5.91 Å². The van der Waals surface area contributed by atoms with Gasteiger partial charge in [-0.3, -0.25) is 9.69 Å². The first kappa shape index (κ1) is 8.93. The van der Waals surface area contributed by atoms with Gasteiger partial charge in [-0.05, 0) is 17.5 Å². The van der Waals surface area contributed by atoms with E-state index in [-0.39, 0.29) is 12.5 Å². The number of carbonyl (C=O) groups excluding carboxylic acids is 1. The van der Waals surface area contributed by atoms with Crippen LogP contribution in [0.15, 0.2) is 36.4 Å². The van der Waals surface area contributed by atoms with Gasteiger partial charge in [-0.15, -0.1) is 0 Å². The molecule has 1 aliphatic heterocycles. The molecule has 16 heavy (non-hydrogen) atoms. The number of carbonyl (C=O) groups is 1. The van der Waals surface area contributed by atoms with Crippen molar-refractivity contribution in [1.82, 2.24) is 0 Å². The van der Waals surface area contributed by atoms with Gasteiger partial charge in [0.1, 0.15) is 6.54 Å². The highest BCUT2D eigenvalue weighted by Crippen LogP contribution is 2.36. The van der Waals surface area contributed by atoms with Gasteiger partial charge in [0.15, 0.2) is 0 Å². The lowest BCUT2D eigenvalue weighted by atomic mass is 10.1. The molecule has 1 aliphatic rings. The fourth-order valence-corrected chi connectivity index (χ4v) is 2.21. The molecule has 0 atom stereocenters. The van der Waals surface area contributed by atoms with E-state index in [4.69, 9.17) is 5.26 Å². The van der Waals surface area contributed by atoms with Crippen LogP contribution in [0, 0.1) is 11.3 Å². The third-order valence-electron chi connectivity index (χ3n) is 2.88. The molecule has 1 heterocycles. The van der Waals surface area contributed by atoms with Gasteiger partial charge in [0.2, 0.25) is 0 Å². The highest BCUT2D eigenvalue weighted by Gasteiger charge is 2.28. The smallest absolute Gasteiger partial charge is 0.259 e. The van der Waals surface area contributed by atoms with Gasteiger partial charge in [-0.1, -0.05) is 24.3 Å². The predicted molar refractivity (Wildman–Crippen MR) is 61.2 cm³/mol. The zero-order chi connectivity index (χ0) is 11.1. The first-order valence-electron chi connectivity index (χ1n) is 5.03. The second kappa shape index (κ2) is 3.07. The van der Waals surface area contributed by atoms with Crippen LogP contribution in [-0.4, -0.2) is 12.5 Å². The van der Waals surface area contributed by atoms with Crippen LogP contribution in [0.2, 0.25) is 0 Å². The van der Waals surface area contributed by atoms with Crippen LogP contribution >= 0.6 is 0 Å². The molecule has 0 spiro atoms. The topological polar surface area (TPSA) is 44.1 Å². The van der Waals surface area contributed by atoms with E-state index in [0.29, 0.717) is 5.56 Å². The number of hydrogen-bond acceptors (Lipinski definition) is 2. The van der Waals surface area contributed by atoms with Crippen molar-refractivity contribution in [1.29, 1.82) is 5.26 Å². The van der Waals surface area contributed by atoms with E-state index in [2.05, 4.69) is 0 Å². The molecule has 0 bridgehead atoms. The molecular formula is C13H8N2O. The van der Waals surface area contributed by atoms with E-state index in [1.54, 1.807) is 0 Å². The van der Waals surface area contributed by atoms with E-state index in [9.17, 15) is 4.79 Å². The summed E-state index contributed by atoms with van der Waals surface area (Å²) < 4.78 is 0. The highest BCUT2D eigenvalue weighted by atomic mass is 16.2. The zero-order valence-electron chi connectivity index (χ0n) is 8.47. The number of benzene rings is 2. The van der Waals surface area contributed by atoms with Crippen LogP contribution in [0.5, 0.6) is 0 Å². The van der Waals surface area contributed by atoms with Gasteiger partial charge < -0.3 is 0 Å². The molecule has 0 saturated carbocycles. The summed E-state index contributed by atoms with van der Waals surface area (Å²) >= 11 is 0. The minimum absolute atomic E-state index is 0.0756. The van der Waals surface area contributed by atoms with E-state index in [0.717, 1.165) is 16.5 Å². The lowest BCUT2D eigenvalue weighted by Gasteiger charge is -2.12. The van der Waals surface area contributed by atoms with Gasteiger partial charge in [0, 0.05) is 10.9 Å². The Morgan fingerprint density at radius 3 is 2.69 bits per heavy atom. The zero-order valence-corrected chi connectivity index (χ0v) is 8.47. The van der Waals surface area contributed by atoms with Crippen LogP contribution in [0.4, 0.5) is 5.69 Å². The number of nitrogens with zero attached hydrogens (tertiary/aromatic N) is 2. The van der Waals surface area contributed by atoms with Crippen LogP contribution in [0.3, 0.4) is 0 Å². The highest BCUT2D eigenvalue weighted by molar-refractivity contribution is 6.25. The third-order valence-corrected chi connectivity index (χ3v) is 2.88. The van der Waals surface area contributed by atoms with Gasteiger partial charge in [-0.25, -0.2) is 0 Å². The molecule has 3 heteroatoms. The average Bonchev–Trinajstić information content (AvgIpc) is 2.58. The fraction of sp³-hybridized carbons (Fsp3) is 0.0769. The van der Waals surface area contributed by atoms with Crippen molar-refractivity contribution in [2.75, 3.05) is 11.4 Å². The van der Waals surface area contributed by atoms with Crippen molar-refractivity contribution in [3.63, 3.8) is 0 Å². The first-order chi connectivity index (χ1) is 7.83. The van der Waals surface area contributed by atoms with E-state index < -0.39 is 0 Å². The van der Waals surface area contributed by atoms with Gasteiger partial charge >= 0.3 is 0 Å². The quantitative estimate of drug-likeness (QED) is 0.675. The largest absolute Gasteiger partial charge is 0.294 e. The summed E-state index contributed by atoms with van der Waals surface area (Å²) in [6.45, 7) is 0.104. The van der Waals surface area contributed by atoms with Crippen molar-refractivity contribution in [3.8, 4) is 6.07 Å². The standard InChI is InChI=1S/C13H8N2O/c14-7-8-15-11-6-2-4-9-3-1-5-10(12(9)11)13(15)16/h1-6H,8H2. The monoisotopic (exact) mass is 208 g/mol. The maximum Gasteiger partial charge on any atom is 0.259 e. The molecule has 2 aromatic rings. The summed E-state index contributed by atoms with van der Waals surface area (Å²) in [7, 11) is 0. The summed E-state index contributed by atoms with van der Waals surface area (Å²) in [4.78, 5) is 13.6. The van der Waals surface area contributed by atoms with E-state index in [1.165, 1.54) is 4.90 Å². The Kier molecular flexibility index (Phi) is 1.72. The lowest BCUT2D eigenvalue weighted by Crippen LogP contribution is -2.26. The minimum atomic E-state index is -0.0756. The Morgan fingerprint density at radius 2 is 1.94 bits per heavy atom. The summed E-state index contributed by atoms with van der Waals surface area (Å²) in [5, 5.41) is 10.7. The summed E-state index contributed by atoms with van der Waals surface area (Å²) in [6.07, 6.45) is 0. The van der Waals surface area contributed by atoms with E-state index in [1.807, 2.05) is 42.5 Å². The van der Waals surface area contributed by atoms with Crippen molar-refractivity contribution < 1.29 is 4.79 Å². The molecule has 0 aliphatic carbocycles. The second-order valence-electron chi connectivity index (χ2n) is 3.73. The average molecular weight is 208 g/mol. The van der Waals surface area contributed by atoms with Crippen LogP contribution in [0.1, 0.15) is 10.4 Å². The number of nitriles is 1. The van der Waals surface area contributed by atoms with Crippen molar-refractivity contribution in [2.24, 2.45) is 0 Å². The Labute approximate surface area is 92.5 Å².